The molecule has 1 aromatic carbocycles. The highest BCUT2D eigenvalue weighted by Crippen LogP contribution is 2.26. The molecule has 134 valence electrons. The first-order chi connectivity index (χ1) is 12.1. The highest BCUT2D eigenvalue weighted by atomic mass is 32.2. The predicted octanol–water partition coefficient (Wildman–Crippen LogP) is 0.710. The molecule has 3 rings (SSSR count). The molecule has 0 unspecified atom stereocenters. The Morgan fingerprint density at radius 2 is 1.92 bits per heavy atom. The number of quaternary nitrogens is 1. The smallest absolute Gasteiger partial charge is 0.236 e. The fourth-order valence-electron chi connectivity index (χ4n) is 3.12. The summed E-state index contributed by atoms with van der Waals surface area (Å²) in [5.74, 6) is 1.02. The topological polar surface area (TPSA) is 55.5 Å². The van der Waals surface area contributed by atoms with Crippen LogP contribution in [0.2, 0.25) is 0 Å². The highest BCUT2D eigenvalue weighted by Gasteiger charge is 2.28. The van der Waals surface area contributed by atoms with Crippen LogP contribution in [0, 0.1) is 0 Å². The largest absolute Gasteiger partial charge is 0.332 e. The summed E-state index contributed by atoms with van der Waals surface area (Å²) in [7, 11) is 1.95. The zero-order valence-corrected chi connectivity index (χ0v) is 15.9. The lowest BCUT2D eigenvalue weighted by molar-refractivity contribution is -0.902. The van der Waals surface area contributed by atoms with Gasteiger partial charge in [-0.1, -0.05) is 42.1 Å². The van der Waals surface area contributed by atoms with E-state index in [2.05, 4.69) is 17.1 Å². The molecule has 2 aromatic rings. The fraction of sp³-hybridized carbons (Fsp3) is 0.500. The Balaban J connectivity index is 1.64. The first kappa shape index (κ1) is 17.9. The van der Waals surface area contributed by atoms with Gasteiger partial charge in [-0.05, 0) is 13.8 Å². The predicted molar refractivity (Wildman–Crippen MR) is 99.6 cm³/mol. The summed E-state index contributed by atoms with van der Waals surface area (Å²) in [5, 5.41) is 9.20. The first-order valence-corrected chi connectivity index (χ1v) is 9.72. The Morgan fingerprint density at radius 1 is 1.24 bits per heavy atom. The third-order valence-corrected chi connectivity index (χ3v) is 5.90. The second-order valence-electron chi connectivity index (χ2n) is 6.42. The molecule has 1 aliphatic rings. The van der Waals surface area contributed by atoms with Crippen molar-refractivity contribution >= 4 is 17.7 Å². The van der Waals surface area contributed by atoms with Crippen molar-refractivity contribution < 1.29 is 9.69 Å². The third kappa shape index (κ3) is 4.04. The van der Waals surface area contributed by atoms with E-state index in [0.29, 0.717) is 0 Å². The summed E-state index contributed by atoms with van der Waals surface area (Å²) in [6, 6.07) is 9.99. The highest BCUT2D eigenvalue weighted by molar-refractivity contribution is 8.00. The van der Waals surface area contributed by atoms with Crippen LogP contribution >= 0.6 is 11.8 Å². The van der Waals surface area contributed by atoms with Crippen molar-refractivity contribution in [1.29, 1.82) is 0 Å². The molecular formula is C18H26N5OS+. The lowest BCUT2D eigenvalue weighted by atomic mass is 10.2. The number of piperazine rings is 1. The molecule has 1 N–H and O–H groups in total. The van der Waals surface area contributed by atoms with E-state index in [1.54, 1.807) is 4.90 Å². The standard InChI is InChI=1S/C18H25N5OS/c1-4-22-10-12-23(13-11-22)17(24)14(2)25-18-20-19-16(21(18)3)15-8-6-5-7-9-15/h5-9,14H,4,10-13H2,1-3H3/p+1/t14-/m0/s1. The molecule has 1 amide bonds. The lowest BCUT2D eigenvalue weighted by Gasteiger charge is -2.32. The van der Waals surface area contributed by atoms with Crippen molar-refractivity contribution in [2.75, 3.05) is 32.7 Å². The molecule has 0 saturated carbocycles. The van der Waals surface area contributed by atoms with Crippen LogP contribution in [0.3, 0.4) is 0 Å². The van der Waals surface area contributed by atoms with Gasteiger partial charge in [-0.2, -0.15) is 0 Å². The van der Waals surface area contributed by atoms with Gasteiger partial charge in [0.2, 0.25) is 5.91 Å². The molecule has 0 aliphatic carbocycles. The maximum Gasteiger partial charge on any atom is 0.236 e. The number of likely N-dealkylation sites (N-methyl/N-ethyl adjacent to an activating group) is 1. The number of rotatable bonds is 5. The van der Waals surface area contributed by atoms with Gasteiger partial charge in [0.25, 0.3) is 0 Å². The Morgan fingerprint density at radius 3 is 2.56 bits per heavy atom. The summed E-state index contributed by atoms with van der Waals surface area (Å²) in [4.78, 5) is 16.3. The van der Waals surface area contributed by atoms with Gasteiger partial charge in [-0.25, -0.2) is 0 Å². The van der Waals surface area contributed by atoms with E-state index in [-0.39, 0.29) is 11.2 Å². The molecule has 1 fully saturated rings. The molecular weight excluding hydrogens is 334 g/mol. The Bertz CT molecular complexity index is 710. The molecule has 0 spiro atoms. The second-order valence-corrected chi connectivity index (χ2v) is 7.73. The minimum absolute atomic E-state index is 0.158. The normalized spacial score (nSPS) is 16.8. The Labute approximate surface area is 153 Å². The number of aromatic nitrogens is 3. The molecule has 1 aromatic heterocycles. The van der Waals surface area contributed by atoms with Crippen LogP contribution in [-0.4, -0.2) is 63.5 Å². The van der Waals surface area contributed by atoms with Gasteiger partial charge < -0.3 is 14.4 Å². The molecule has 1 saturated heterocycles. The molecule has 2 heterocycles. The zero-order chi connectivity index (χ0) is 17.8. The number of carbonyl (C=O) groups is 1. The van der Waals surface area contributed by atoms with Crippen molar-refractivity contribution in [3.05, 3.63) is 30.3 Å². The number of nitrogens with one attached hydrogen (secondary N) is 1. The number of hydrogen-bond donors (Lipinski definition) is 1. The van der Waals surface area contributed by atoms with E-state index in [9.17, 15) is 4.79 Å². The van der Waals surface area contributed by atoms with Crippen LogP contribution in [-0.2, 0) is 11.8 Å². The van der Waals surface area contributed by atoms with Crippen molar-refractivity contribution in [2.45, 2.75) is 24.3 Å². The van der Waals surface area contributed by atoms with Crippen molar-refractivity contribution in [3.63, 3.8) is 0 Å². The van der Waals surface area contributed by atoms with E-state index in [4.69, 9.17) is 0 Å². The average molecular weight is 361 g/mol. The van der Waals surface area contributed by atoms with E-state index in [1.165, 1.54) is 11.8 Å². The summed E-state index contributed by atoms with van der Waals surface area (Å²) >= 11 is 1.49. The molecule has 0 bridgehead atoms. The van der Waals surface area contributed by atoms with Gasteiger partial charge >= 0.3 is 0 Å². The number of carbonyl (C=O) groups excluding carboxylic acids is 1. The van der Waals surface area contributed by atoms with E-state index in [0.717, 1.165) is 49.3 Å². The quantitative estimate of drug-likeness (QED) is 0.798. The van der Waals surface area contributed by atoms with Crippen LogP contribution in [0.4, 0.5) is 0 Å². The van der Waals surface area contributed by atoms with Gasteiger partial charge in [0.1, 0.15) is 0 Å². The van der Waals surface area contributed by atoms with Crippen molar-refractivity contribution in [2.24, 2.45) is 7.05 Å². The number of hydrogen-bond acceptors (Lipinski definition) is 4. The Kier molecular flexibility index (Phi) is 5.75. The fourth-order valence-corrected chi connectivity index (χ4v) is 4.02. The molecule has 25 heavy (non-hydrogen) atoms. The first-order valence-electron chi connectivity index (χ1n) is 8.84. The third-order valence-electron chi connectivity index (χ3n) is 4.78. The van der Waals surface area contributed by atoms with E-state index >= 15 is 0 Å². The zero-order valence-electron chi connectivity index (χ0n) is 15.1. The maximum absolute atomic E-state index is 12.7. The van der Waals surface area contributed by atoms with Crippen LogP contribution in [0.25, 0.3) is 11.4 Å². The van der Waals surface area contributed by atoms with E-state index < -0.39 is 0 Å². The van der Waals surface area contributed by atoms with Crippen LogP contribution in [0.5, 0.6) is 0 Å². The lowest BCUT2D eigenvalue weighted by Crippen LogP contribution is -3.14. The summed E-state index contributed by atoms with van der Waals surface area (Å²) in [6.45, 7) is 9.08. The molecule has 7 heteroatoms. The SMILES string of the molecule is CC[NH+]1CCN(C(=O)[C@H](C)Sc2nnc(-c3ccccc3)n2C)CC1. The summed E-state index contributed by atoms with van der Waals surface area (Å²) < 4.78 is 1.96. The van der Waals surface area contributed by atoms with Gasteiger partial charge in [0.15, 0.2) is 11.0 Å². The molecule has 1 aliphatic heterocycles. The second kappa shape index (κ2) is 8.01. The number of thioether (sulfide) groups is 1. The van der Waals surface area contributed by atoms with Gasteiger partial charge in [-0.15, -0.1) is 10.2 Å². The van der Waals surface area contributed by atoms with Crippen LogP contribution < -0.4 is 4.90 Å². The monoisotopic (exact) mass is 360 g/mol. The van der Waals surface area contributed by atoms with Crippen LogP contribution in [0.15, 0.2) is 35.5 Å². The van der Waals surface area contributed by atoms with Crippen molar-refractivity contribution in [3.8, 4) is 11.4 Å². The molecule has 0 radical (unpaired) electrons. The van der Waals surface area contributed by atoms with Gasteiger partial charge in [0, 0.05) is 12.6 Å². The van der Waals surface area contributed by atoms with E-state index in [1.807, 2.05) is 53.8 Å². The maximum atomic E-state index is 12.7. The minimum atomic E-state index is -0.158. The number of benzene rings is 1. The summed E-state index contributed by atoms with van der Waals surface area (Å²) in [6.07, 6.45) is 0. The number of nitrogens with zero attached hydrogens (tertiary/aromatic N) is 4. The average Bonchev–Trinajstić information content (AvgIpc) is 3.02. The Hall–Kier alpha value is -1.86. The minimum Gasteiger partial charge on any atom is -0.332 e. The van der Waals surface area contributed by atoms with Crippen molar-refractivity contribution in [1.82, 2.24) is 19.7 Å². The summed E-state index contributed by atoms with van der Waals surface area (Å²) in [5.41, 5.74) is 1.03. The number of amides is 1. The molecule has 1 atom stereocenters. The molecule has 6 nitrogen and oxygen atoms in total. The van der Waals surface area contributed by atoms with Crippen LogP contribution in [0.1, 0.15) is 13.8 Å². The van der Waals surface area contributed by atoms with Gasteiger partial charge in [-0.3, -0.25) is 4.79 Å². The van der Waals surface area contributed by atoms with Gasteiger partial charge in [0.05, 0.1) is 38.0 Å².